The van der Waals surface area contributed by atoms with E-state index in [-0.39, 0.29) is 18.1 Å². The molecule has 2 fully saturated rings. The Kier molecular flexibility index (Phi) is 5.43. The van der Waals surface area contributed by atoms with Gasteiger partial charge in [-0.2, -0.15) is 0 Å². The normalized spacial score (nSPS) is 18.5. The van der Waals surface area contributed by atoms with Crippen LogP contribution in [0.15, 0.2) is 51.7 Å². The summed E-state index contributed by atoms with van der Waals surface area (Å²) in [7, 11) is 0. The molecule has 0 radical (unpaired) electrons. The highest BCUT2D eigenvalue weighted by Crippen LogP contribution is 2.40. The Morgan fingerprint density at radius 1 is 1.16 bits per heavy atom. The summed E-state index contributed by atoms with van der Waals surface area (Å²) in [4.78, 5) is 15.3. The van der Waals surface area contributed by atoms with E-state index in [0.717, 1.165) is 61.5 Å². The summed E-state index contributed by atoms with van der Waals surface area (Å²) in [5, 5.41) is 13.8. The molecule has 2 aliphatic rings. The van der Waals surface area contributed by atoms with Gasteiger partial charge in [-0.1, -0.05) is 24.3 Å². The monoisotopic (exact) mass is 434 g/mol. The van der Waals surface area contributed by atoms with Crippen LogP contribution in [0.2, 0.25) is 0 Å². The predicted octanol–water partition coefficient (Wildman–Crippen LogP) is 4.38. The number of benzene rings is 2. The highest BCUT2D eigenvalue weighted by Gasteiger charge is 2.41. The summed E-state index contributed by atoms with van der Waals surface area (Å²) in [5.74, 6) is 0.644. The van der Waals surface area contributed by atoms with Crippen LogP contribution in [0.1, 0.15) is 42.5 Å². The van der Waals surface area contributed by atoms with Crippen molar-refractivity contribution in [2.24, 2.45) is 5.41 Å². The maximum absolute atomic E-state index is 13.1. The lowest BCUT2D eigenvalue weighted by atomic mass is 9.77. The third-order valence-electron chi connectivity index (χ3n) is 6.97. The van der Waals surface area contributed by atoms with Gasteiger partial charge >= 0.3 is 0 Å². The van der Waals surface area contributed by atoms with E-state index in [2.05, 4.69) is 23.2 Å². The van der Waals surface area contributed by atoms with Gasteiger partial charge in [-0.15, -0.1) is 0 Å². The first-order valence-corrected chi connectivity index (χ1v) is 11.3. The van der Waals surface area contributed by atoms with Gasteiger partial charge in [0.05, 0.1) is 31.2 Å². The van der Waals surface area contributed by atoms with E-state index >= 15 is 0 Å². The Morgan fingerprint density at radius 2 is 1.91 bits per heavy atom. The van der Waals surface area contributed by atoms with Crippen molar-refractivity contribution in [1.29, 1.82) is 0 Å². The summed E-state index contributed by atoms with van der Waals surface area (Å²) in [5.41, 5.74) is 4.61. The molecule has 2 saturated heterocycles. The second-order valence-corrected chi connectivity index (χ2v) is 9.34. The first-order valence-electron chi connectivity index (χ1n) is 11.3. The van der Waals surface area contributed by atoms with Crippen LogP contribution in [0.3, 0.4) is 0 Å². The molecule has 6 heteroatoms. The van der Waals surface area contributed by atoms with E-state index in [1.54, 1.807) is 6.07 Å². The van der Waals surface area contributed by atoms with Crippen LogP contribution < -0.4 is 15.6 Å². The number of anilines is 2. The Balaban J connectivity index is 1.50. The molecule has 1 aromatic heterocycles. The first kappa shape index (κ1) is 21.0. The molecule has 0 bridgehead atoms. The number of fused-ring (bicyclic) bond motifs is 1. The minimum absolute atomic E-state index is 0.0126. The standard InChI is InChI=1S/C26H30N2O4/c1-17-11-20(18(2)27-22-6-4-3-5-19(22)14-29)25-21(12-17)23(30)13-24(32-25)28-9-7-26(8-10-28)15-31-16-26/h3-6,11-13,18,27,29H,7-10,14-16H2,1-2H3. The lowest BCUT2D eigenvalue weighted by Gasteiger charge is -2.47. The molecule has 0 saturated carbocycles. The molecule has 2 N–H and O–H groups in total. The number of nitrogens with zero attached hydrogens (tertiary/aromatic N) is 1. The molecular weight excluding hydrogens is 404 g/mol. The van der Waals surface area contributed by atoms with Crippen LogP contribution in [0.25, 0.3) is 11.0 Å². The zero-order valence-corrected chi connectivity index (χ0v) is 18.7. The Hall–Kier alpha value is -2.83. The fraction of sp³-hybridized carbons (Fsp3) is 0.423. The molecule has 6 nitrogen and oxygen atoms in total. The molecule has 1 atom stereocenters. The molecule has 0 amide bonds. The highest BCUT2D eigenvalue weighted by molar-refractivity contribution is 5.82. The number of aliphatic hydroxyl groups is 1. The van der Waals surface area contributed by atoms with E-state index in [9.17, 15) is 9.90 Å². The lowest BCUT2D eigenvalue weighted by molar-refractivity contribution is -0.124. The van der Waals surface area contributed by atoms with Crippen molar-refractivity contribution in [3.05, 3.63) is 69.4 Å². The topological polar surface area (TPSA) is 74.9 Å². The number of aryl methyl sites for hydroxylation is 1. The van der Waals surface area contributed by atoms with Crippen LogP contribution in [-0.4, -0.2) is 31.4 Å². The van der Waals surface area contributed by atoms with Crippen molar-refractivity contribution in [2.45, 2.75) is 39.3 Å². The lowest BCUT2D eigenvalue weighted by Crippen LogP contribution is -2.51. The van der Waals surface area contributed by atoms with Crippen LogP contribution in [0.4, 0.5) is 11.6 Å². The van der Waals surface area contributed by atoms with Gasteiger partial charge in [0.25, 0.3) is 0 Å². The van der Waals surface area contributed by atoms with Gasteiger partial charge in [0.1, 0.15) is 5.58 Å². The molecule has 2 aromatic carbocycles. The molecule has 5 rings (SSSR count). The number of nitrogens with one attached hydrogen (secondary N) is 1. The number of para-hydroxylation sites is 1. The smallest absolute Gasteiger partial charge is 0.200 e. The van der Waals surface area contributed by atoms with Crippen LogP contribution >= 0.6 is 0 Å². The Bertz CT molecular complexity index is 1190. The number of hydrogen-bond acceptors (Lipinski definition) is 6. The quantitative estimate of drug-likeness (QED) is 0.621. The maximum atomic E-state index is 13.1. The number of ether oxygens (including phenoxy) is 1. The van der Waals surface area contributed by atoms with Crippen molar-refractivity contribution < 1.29 is 14.3 Å². The van der Waals surface area contributed by atoms with Gasteiger partial charge in [-0.05, 0) is 44.4 Å². The van der Waals surface area contributed by atoms with Gasteiger partial charge in [0, 0.05) is 41.4 Å². The molecule has 1 spiro atoms. The van der Waals surface area contributed by atoms with Crippen molar-refractivity contribution in [1.82, 2.24) is 0 Å². The number of rotatable bonds is 5. The molecule has 0 aliphatic carbocycles. The van der Waals surface area contributed by atoms with E-state index in [0.29, 0.717) is 22.3 Å². The van der Waals surface area contributed by atoms with Gasteiger partial charge in [-0.25, -0.2) is 0 Å². The maximum Gasteiger partial charge on any atom is 0.200 e. The van der Waals surface area contributed by atoms with Crippen LogP contribution in [0, 0.1) is 12.3 Å². The molecule has 32 heavy (non-hydrogen) atoms. The molecule has 2 aliphatic heterocycles. The average molecular weight is 435 g/mol. The summed E-state index contributed by atoms with van der Waals surface area (Å²) >= 11 is 0. The summed E-state index contributed by atoms with van der Waals surface area (Å²) in [6.45, 7) is 7.46. The van der Waals surface area contributed by atoms with Crippen molar-refractivity contribution >= 4 is 22.5 Å². The van der Waals surface area contributed by atoms with E-state index in [4.69, 9.17) is 9.15 Å². The number of hydrogen-bond donors (Lipinski definition) is 2. The van der Waals surface area contributed by atoms with E-state index in [1.807, 2.05) is 37.3 Å². The molecule has 3 aromatic rings. The minimum Gasteiger partial charge on any atom is -0.440 e. The molecule has 3 heterocycles. The van der Waals surface area contributed by atoms with Gasteiger partial charge in [0.2, 0.25) is 0 Å². The van der Waals surface area contributed by atoms with Crippen LogP contribution in [0.5, 0.6) is 0 Å². The van der Waals surface area contributed by atoms with Gasteiger partial charge < -0.3 is 24.5 Å². The Labute approximate surface area is 187 Å². The largest absolute Gasteiger partial charge is 0.440 e. The van der Waals surface area contributed by atoms with Gasteiger partial charge in [-0.3, -0.25) is 4.79 Å². The molecule has 168 valence electrons. The number of aliphatic hydroxyl groups excluding tert-OH is 1. The molecular formula is C26H30N2O4. The minimum atomic E-state index is -0.111. The second kappa shape index (κ2) is 8.26. The SMILES string of the molecule is Cc1cc(C(C)Nc2ccccc2CO)c2oc(N3CCC4(CC3)COC4)cc(=O)c2c1. The van der Waals surface area contributed by atoms with Crippen molar-refractivity contribution in [3.63, 3.8) is 0 Å². The van der Waals surface area contributed by atoms with Crippen molar-refractivity contribution in [3.8, 4) is 0 Å². The fourth-order valence-electron chi connectivity index (χ4n) is 4.89. The van der Waals surface area contributed by atoms with Gasteiger partial charge in [0.15, 0.2) is 11.3 Å². The summed E-state index contributed by atoms with van der Waals surface area (Å²) < 4.78 is 11.8. The highest BCUT2D eigenvalue weighted by atomic mass is 16.5. The zero-order chi connectivity index (χ0) is 22.3. The Morgan fingerprint density at radius 3 is 2.59 bits per heavy atom. The van der Waals surface area contributed by atoms with E-state index < -0.39 is 0 Å². The third kappa shape index (κ3) is 3.78. The summed E-state index contributed by atoms with van der Waals surface area (Å²) in [6, 6.07) is 13.2. The molecule has 1 unspecified atom stereocenters. The van der Waals surface area contributed by atoms with Crippen LogP contribution in [-0.2, 0) is 11.3 Å². The summed E-state index contributed by atoms with van der Waals surface area (Å²) in [6.07, 6.45) is 2.12. The predicted molar refractivity (Wildman–Crippen MR) is 126 cm³/mol. The van der Waals surface area contributed by atoms with E-state index in [1.165, 1.54) is 0 Å². The third-order valence-corrected chi connectivity index (χ3v) is 6.97. The fourth-order valence-corrected chi connectivity index (χ4v) is 4.89. The first-order chi connectivity index (χ1) is 15.5. The zero-order valence-electron chi connectivity index (χ0n) is 18.7. The average Bonchev–Trinajstić information content (AvgIpc) is 2.78. The number of piperidine rings is 1. The van der Waals surface area contributed by atoms with Crippen molar-refractivity contribution in [2.75, 3.05) is 36.5 Å². The second-order valence-electron chi connectivity index (χ2n) is 9.34.